The molecular weight excluding hydrogens is 260 g/mol. The lowest BCUT2D eigenvalue weighted by Crippen LogP contribution is -2.14. The topological polar surface area (TPSA) is 33.0 Å². The van der Waals surface area contributed by atoms with E-state index in [-0.39, 0.29) is 30.9 Å². The van der Waals surface area contributed by atoms with Crippen LogP contribution in [0.2, 0.25) is 5.02 Å². The number of halogens is 3. The Morgan fingerprint density at radius 2 is 2.28 bits per heavy atom. The first-order valence-electron chi connectivity index (χ1n) is 5.71. The molecule has 1 fully saturated rings. The molecule has 0 N–H and O–H groups in total. The van der Waals surface area contributed by atoms with Crippen LogP contribution in [0.25, 0.3) is 0 Å². The Hall–Kier alpha value is -1.34. The molecule has 0 saturated heterocycles. The second-order valence-corrected chi connectivity index (χ2v) is 4.91. The predicted octanol–water partition coefficient (Wildman–Crippen LogP) is 4.03. The van der Waals surface area contributed by atoms with Crippen molar-refractivity contribution < 1.29 is 13.5 Å². The SMILES string of the molecule is N#Cc1c(Cl)cccc1OCC1CCC(F)(F)C1. The van der Waals surface area contributed by atoms with E-state index in [4.69, 9.17) is 21.6 Å². The van der Waals surface area contributed by atoms with Gasteiger partial charge in [0.25, 0.3) is 0 Å². The molecule has 96 valence electrons. The summed E-state index contributed by atoms with van der Waals surface area (Å²) in [6.45, 7) is 0.199. The molecule has 18 heavy (non-hydrogen) atoms. The molecular formula is C13H12ClF2NO. The van der Waals surface area contributed by atoms with Crippen LogP contribution in [-0.2, 0) is 0 Å². The van der Waals surface area contributed by atoms with Crippen molar-refractivity contribution >= 4 is 11.6 Å². The van der Waals surface area contributed by atoms with Gasteiger partial charge >= 0.3 is 0 Å². The van der Waals surface area contributed by atoms with E-state index in [0.29, 0.717) is 17.2 Å². The van der Waals surface area contributed by atoms with Crippen molar-refractivity contribution in [3.05, 3.63) is 28.8 Å². The summed E-state index contributed by atoms with van der Waals surface area (Å²) in [5.74, 6) is -2.37. The largest absolute Gasteiger partial charge is 0.492 e. The Labute approximate surface area is 109 Å². The van der Waals surface area contributed by atoms with E-state index in [0.717, 1.165) is 0 Å². The summed E-state index contributed by atoms with van der Waals surface area (Å²) in [5.41, 5.74) is 0.254. The minimum atomic E-state index is -2.57. The van der Waals surface area contributed by atoms with Crippen molar-refractivity contribution in [2.75, 3.05) is 6.61 Å². The zero-order chi connectivity index (χ0) is 13.2. The van der Waals surface area contributed by atoms with E-state index < -0.39 is 5.92 Å². The fourth-order valence-electron chi connectivity index (χ4n) is 2.12. The number of alkyl halides is 2. The van der Waals surface area contributed by atoms with E-state index in [1.54, 1.807) is 18.2 Å². The average molecular weight is 272 g/mol. The van der Waals surface area contributed by atoms with Crippen LogP contribution in [0.15, 0.2) is 18.2 Å². The smallest absolute Gasteiger partial charge is 0.248 e. The third kappa shape index (κ3) is 2.91. The molecule has 0 bridgehead atoms. The summed E-state index contributed by atoms with van der Waals surface area (Å²) in [7, 11) is 0. The van der Waals surface area contributed by atoms with Gasteiger partial charge in [0.1, 0.15) is 17.4 Å². The summed E-state index contributed by atoms with van der Waals surface area (Å²) in [6.07, 6.45) is 0.229. The van der Waals surface area contributed by atoms with Crippen LogP contribution < -0.4 is 4.74 Å². The first-order valence-corrected chi connectivity index (χ1v) is 6.09. The van der Waals surface area contributed by atoms with Crippen LogP contribution >= 0.6 is 11.6 Å². The summed E-state index contributed by atoms with van der Waals surface area (Å²) >= 11 is 5.85. The molecule has 1 atom stereocenters. The van der Waals surface area contributed by atoms with Gasteiger partial charge in [-0.2, -0.15) is 5.26 Å². The maximum atomic E-state index is 13.0. The van der Waals surface area contributed by atoms with Crippen molar-refractivity contribution in [1.29, 1.82) is 5.26 Å². The van der Waals surface area contributed by atoms with Crippen LogP contribution in [0, 0.1) is 17.2 Å². The van der Waals surface area contributed by atoms with Gasteiger partial charge in [0.15, 0.2) is 0 Å². The molecule has 0 aliphatic heterocycles. The number of benzene rings is 1. The van der Waals surface area contributed by atoms with Crippen LogP contribution in [0.3, 0.4) is 0 Å². The summed E-state index contributed by atoms with van der Waals surface area (Å²) < 4.78 is 31.4. The molecule has 5 heteroatoms. The fourth-order valence-corrected chi connectivity index (χ4v) is 2.33. The van der Waals surface area contributed by atoms with Crippen molar-refractivity contribution in [1.82, 2.24) is 0 Å². The van der Waals surface area contributed by atoms with E-state index in [2.05, 4.69) is 0 Å². The number of rotatable bonds is 3. The fraction of sp³-hybridized carbons (Fsp3) is 0.462. The Morgan fingerprint density at radius 3 is 2.89 bits per heavy atom. The molecule has 1 aromatic rings. The zero-order valence-electron chi connectivity index (χ0n) is 9.63. The lowest BCUT2D eigenvalue weighted by molar-refractivity contribution is 0.00291. The second-order valence-electron chi connectivity index (χ2n) is 4.50. The molecule has 1 aliphatic rings. The first-order chi connectivity index (χ1) is 8.52. The summed E-state index contributed by atoms with van der Waals surface area (Å²) in [5, 5.41) is 9.25. The number of ether oxygens (including phenoxy) is 1. The van der Waals surface area contributed by atoms with Crippen molar-refractivity contribution in [2.45, 2.75) is 25.2 Å². The average Bonchev–Trinajstić information content (AvgIpc) is 2.66. The standard InChI is InChI=1S/C13H12ClF2NO/c14-11-2-1-3-12(10(11)7-17)18-8-9-4-5-13(15,16)6-9/h1-3,9H,4-6,8H2. The third-order valence-electron chi connectivity index (χ3n) is 3.07. The minimum absolute atomic E-state index is 0.0817. The maximum absolute atomic E-state index is 13.0. The quantitative estimate of drug-likeness (QED) is 0.832. The van der Waals surface area contributed by atoms with E-state index in [9.17, 15) is 8.78 Å². The Bertz CT molecular complexity index is 484. The molecule has 0 radical (unpaired) electrons. The third-order valence-corrected chi connectivity index (χ3v) is 3.38. The second kappa shape index (κ2) is 5.11. The lowest BCUT2D eigenvalue weighted by atomic mass is 10.1. The Morgan fingerprint density at radius 1 is 1.50 bits per heavy atom. The van der Waals surface area contributed by atoms with Crippen molar-refractivity contribution in [3.8, 4) is 11.8 Å². The molecule has 0 heterocycles. The van der Waals surface area contributed by atoms with Gasteiger partial charge in [-0.05, 0) is 24.5 Å². The van der Waals surface area contributed by atoms with Gasteiger partial charge in [-0.15, -0.1) is 0 Å². The zero-order valence-corrected chi connectivity index (χ0v) is 10.4. The number of nitriles is 1. The van der Waals surface area contributed by atoms with Gasteiger partial charge in [-0.25, -0.2) is 8.78 Å². The molecule has 0 amide bonds. The minimum Gasteiger partial charge on any atom is -0.492 e. The molecule has 1 unspecified atom stereocenters. The summed E-state index contributed by atoms with van der Waals surface area (Å²) in [6, 6.07) is 6.84. The molecule has 2 nitrogen and oxygen atoms in total. The monoisotopic (exact) mass is 271 g/mol. The molecule has 0 aromatic heterocycles. The van der Waals surface area contributed by atoms with Crippen LogP contribution in [0.1, 0.15) is 24.8 Å². The molecule has 0 spiro atoms. The highest BCUT2D eigenvalue weighted by molar-refractivity contribution is 6.31. The van der Waals surface area contributed by atoms with Gasteiger partial charge in [0, 0.05) is 12.8 Å². The van der Waals surface area contributed by atoms with Gasteiger partial charge in [-0.1, -0.05) is 17.7 Å². The Kier molecular flexibility index (Phi) is 3.72. The van der Waals surface area contributed by atoms with Gasteiger partial charge in [-0.3, -0.25) is 0 Å². The predicted molar refractivity (Wildman–Crippen MR) is 64.0 cm³/mol. The van der Waals surface area contributed by atoms with Crippen molar-refractivity contribution in [3.63, 3.8) is 0 Å². The normalized spacial score (nSPS) is 21.6. The number of nitrogens with zero attached hydrogens (tertiary/aromatic N) is 1. The van der Waals surface area contributed by atoms with Gasteiger partial charge in [0.2, 0.25) is 5.92 Å². The molecule has 1 saturated carbocycles. The molecule has 1 aliphatic carbocycles. The highest BCUT2D eigenvalue weighted by atomic mass is 35.5. The molecule has 1 aromatic carbocycles. The van der Waals surface area contributed by atoms with E-state index in [1.165, 1.54) is 0 Å². The van der Waals surface area contributed by atoms with Crippen molar-refractivity contribution in [2.24, 2.45) is 5.92 Å². The maximum Gasteiger partial charge on any atom is 0.248 e. The Balaban J connectivity index is 2.00. The molecule has 2 rings (SSSR count). The van der Waals surface area contributed by atoms with Crippen LogP contribution in [0.4, 0.5) is 8.78 Å². The first kappa shape index (κ1) is 13.1. The highest BCUT2D eigenvalue weighted by Crippen LogP contribution is 2.39. The van der Waals surface area contributed by atoms with Gasteiger partial charge < -0.3 is 4.74 Å². The number of hydrogen-bond donors (Lipinski definition) is 0. The number of hydrogen-bond acceptors (Lipinski definition) is 2. The van der Waals surface area contributed by atoms with Gasteiger partial charge in [0.05, 0.1) is 11.6 Å². The van der Waals surface area contributed by atoms with E-state index in [1.807, 2.05) is 6.07 Å². The summed E-state index contributed by atoms with van der Waals surface area (Å²) in [4.78, 5) is 0. The van der Waals surface area contributed by atoms with Crippen LogP contribution in [-0.4, -0.2) is 12.5 Å². The van der Waals surface area contributed by atoms with E-state index >= 15 is 0 Å². The van der Waals surface area contributed by atoms with Crippen LogP contribution in [0.5, 0.6) is 5.75 Å². The highest BCUT2D eigenvalue weighted by Gasteiger charge is 2.39. The lowest BCUT2D eigenvalue weighted by Gasteiger charge is -2.13.